The maximum absolute atomic E-state index is 4.52. The Morgan fingerprint density at radius 1 is 1.26 bits per heavy atom. The number of nitrogens with zero attached hydrogens (tertiary/aromatic N) is 1. The molecule has 0 aliphatic heterocycles. The van der Waals surface area contributed by atoms with Crippen molar-refractivity contribution in [2.24, 2.45) is 0 Å². The average molecular weight is 252 g/mol. The van der Waals surface area contributed by atoms with Crippen LogP contribution in [0.4, 0.5) is 0 Å². The van der Waals surface area contributed by atoms with E-state index in [0.29, 0.717) is 6.04 Å². The van der Waals surface area contributed by atoms with Crippen LogP contribution in [0, 0.1) is 6.92 Å². The van der Waals surface area contributed by atoms with Crippen LogP contribution in [0.1, 0.15) is 34.8 Å². The van der Waals surface area contributed by atoms with E-state index in [9.17, 15) is 0 Å². The summed E-state index contributed by atoms with van der Waals surface area (Å²) >= 11 is 0. The molecule has 0 fully saturated rings. The van der Waals surface area contributed by atoms with Gasteiger partial charge in [0.2, 0.25) is 0 Å². The number of nitrogens with one attached hydrogen (secondary N) is 1. The van der Waals surface area contributed by atoms with Gasteiger partial charge in [-0.2, -0.15) is 0 Å². The lowest BCUT2D eigenvalue weighted by atomic mass is 10.1. The van der Waals surface area contributed by atoms with Crippen molar-refractivity contribution in [3.8, 4) is 0 Å². The summed E-state index contributed by atoms with van der Waals surface area (Å²) in [6, 6.07) is 13.4. The third kappa shape index (κ3) is 2.85. The zero-order valence-corrected chi connectivity index (χ0v) is 11.4. The van der Waals surface area contributed by atoms with Gasteiger partial charge in [-0.15, -0.1) is 0 Å². The smallest absolute Gasteiger partial charge is 0.0605 e. The van der Waals surface area contributed by atoms with Crippen LogP contribution in [0.2, 0.25) is 0 Å². The van der Waals surface area contributed by atoms with E-state index < -0.39 is 0 Å². The summed E-state index contributed by atoms with van der Waals surface area (Å²) in [4.78, 5) is 4.52. The number of fused-ring (bicyclic) bond motifs is 1. The van der Waals surface area contributed by atoms with Crippen molar-refractivity contribution >= 4 is 0 Å². The van der Waals surface area contributed by atoms with Crippen molar-refractivity contribution < 1.29 is 0 Å². The van der Waals surface area contributed by atoms with E-state index in [1.54, 1.807) is 0 Å². The Morgan fingerprint density at radius 3 is 3.11 bits per heavy atom. The van der Waals surface area contributed by atoms with Crippen LogP contribution >= 0.6 is 0 Å². The molecule has 0 saturated carbocycles. The largest absolute Gasteiger partial charge is 0.308 e. The minimum Gasteiger partial charge on any atom is -0.308 e. The van der Waals surface area contributed by atoms with E-state index in [1.807, 2.05) is 12.3 Å². The lowest BCUT2D eigenvalue weighted by molar-refractivity contribution is 0.525. The van der Waals surface area contributed by atoms with Crippen LogP contribution in [0.3, 0.4) is 0 Å². The van der Waals surface area contributed by atoms with E-state index in [2.05, 4.69) is 47.6 Å². The van der Waals surface area contributed by atoms with Gasteiger partial charge in [0.05, 0.1) is 11.7 Å². The quantitative estimate of drug-likeness (QED) is 0.903. The fourth-order valence-electron chi connectivity index (χ4n) is 2.87. The summed E-state index contributed by atoms with van der Waals surface area (Å²) in [7, 11) is 0. The molecule has 0 amide bonds. The molecule has 1 aromatic heterocycles. The van der Waals surface area contributed by atoms with Gasteiger partial charge >= 0.3 is 0 Å². The fraction of sp³-hybridized carbons (Fsp3) is 0.353. The van der Waals surface area contributed by atoms with Crippen molar-refractivity contribution in [3.63, 3.8) is 0 Å². The van der Waals surface area contributed by atoms with Crippen LogP contribution < -0.4 is 5.32 Å². The Balaban J connectivity index is 1.57. The molecule has 19 heavy (non-hydrogen) atoms. The van der Waals surface area contributed by atoms with Gasteiger partial charge in [0.15, 0.2) is 0 Å². The number of hydrogen-bond acceptors (Lipinski definition) is 2. The molecule has 0 spiro atoms. The van der Waals surface area contributed by atoms with Crippen LogP contribution in [0.25, 0.3) is 0 Å². The molecule has 1 unspecified atom stereocenters. The van der Waals surface area contributed by atoms with E-state index in [4.69, 9.17) is 0 Å². The molecule has 1 aliphatic rings. The van der Waals surface area contributed by atoms with Crippen molar-refractivity contribution in [1.82, 2.24) is 10.3 Å². The highest BCUT2D eigenvalue weighted by atomic mass is 14.9. The summed E-state index contributed by atoms with van der Waals surface area (Å²) in [5, 5.41) is 3.64. The van der Waals surface area contributed by atoms with E-state index in [0.717, 1.165) is 19.4 Å². The number of hydrogen-bond donors (Lipinski definition) is 1. The maximum atomic E-state index is 4.52. The predicted molar refractivity (Wildman–Crippen MR) is 78.2 cm³/mol. The highest BCUT2D eigenvalue weighted by Gasteiger charge is 2.22. The van der Waals surface area contributed by atoms with E-state index >= 15 is 0 Å². The maximum Gasteiger partial charge on any atom is 0.0605 e. The van der Waals surface area contributed by atoms with Crippen LogP contribution in [-0.2, 0) is 12.8 Å². The van der Waals surface area contributed by atoms with Crippen molar-refractivity contribution in [2.45, 2.75) is 32.2 Å². The molecule has 2 aromatic rings. The second-order valence-electron chi connectivity index (χ2n) is 5.33. The van der Waals surface area contributed by atoms with Gasteiger partial charge < -0.3 is 5.32 Å². The van der Waals surface area contributed by atoms with Crippen LogP contribution in [0.5, 0.6) is 0 Å². The topological polar surface area (TPSA) is 24.9 Å². The first-order chi connectivity index (χ1) is 9.33. The Morgan fingerprint density at radius 2 is 2.21 bits per heavy atom. The van der Waals surface area contributed by atoms with Gasteiger partial charge in [0, 0.05) is 6.20 Å². The molecule has 0 radical (unpaired) electrons. The number of aryl methyl sites for hydroxylation is 2. The highest BCUT2D eigenvalue weighted by molar-refractivity contribution is 5.28. The summed E-state index contributed by atoms with van der Waals surface area (Å²) < 4.78 is 0. The number of benzene rings is 1. The Kier molecular flexibility index (Phi) is 3.60. The summed E-state index contributed by atoms with van der Waals surface area (Å²) in [6.45, 7) is 3.16. The monoisotopic (exact) mass is 252 g/mol. The Hall–Kier alpha value is -1.67. The van der Waals surface area contributed by atoms with Crippen molar-refractivity contribution in [3.05, 3.63) is 65.0 Å². The summed E-state index contributed by atoms with van der Waals surface area (Å²) in [5.74, 6) is 0. The van der Waals surface area contributed by atoms with E-state index in [1.165, 1.54) is 28.8 Å². The molecule has 0 bridgehead atoms. The number of rotatable bonds is 4. The average Bonchev–Trinajstić information content (AvgIpc) is 2.83. The highest BCUT2D eigenvalue weighted by Crippen LogP contribution is 2.28. The van der Waals surface area contributed by atoms with Gasteiger partial charge in [0.1, 0.15) is 0 Å². The van der Waals surface area contributed by atoms with E-state index in [-0.39, 0.29) is 0 Å². The SMILES string of the molecule is Cc1cccc(CCNC2CCc3cccnc32)c1. The second-order valence-corrected chi connectivity index (χ2v) is 5.33. The van der Waals surface area contributed by atoms with Crippen LogP contribution in [0.15, 0.2) is 42.6 Å². The Bertz CT molecular complexity index is 563. The second kappa shape index (κ2) is 5.54. The van der Waals surface area contributed by atoms with Crippen LogP contribution in [-0.4, -0.2) is 11.5 Å². The molecule has 98 valence electrons. The summed E-state index contributed by atoms with van der Waals surface area (Å²) in [6.07, 6.45) is 5.32. The lowest BCUT2D eigenvalue weighted by Crippen LogP contribution is -2.22. The standard InChI is InChI=1S/C17H20N2/c1-13-4-2-5-14(12-13)9-11-18-16-8-7-15-6-3-10-19-17(15)16/h2-6,10,12,16,18H,7-9,11H2,1H3. The molecule has 1 atom stereocenters. The third-order valence-corrected chi connectivity index (χ3v) is 3.85. The van der Waals surface area contributed by atoms with Gasteiger partial charge in [-0.25, -0.2) is 0 Å². The molecule has 2 heteroatoms. The number of aromatic nitrogens is 1. The van der Waals surface area contributed by atoms with Crippen molar-refractivity contribution in [2.75, 3.05) is 6.54 Å². The zero-order chi connectivity index (χ0) is 13.1. The molecule has 1 aliphatic carbocycles. The normalized spacial score (nSPS) is 17.4. The fourth-order valence-corrected chi connectivity index (χ4v) is 2.87. The zero-order valence-electron chi connectivity index (χ0n) is 11.4. The molecular formula is C17H20N2. The summed E-state index contributed by atoms with van der Waals surface area (Å²) in [5.41, 5.74) is 5.42. The third-order valence-electron chi connectivity index (χ3n) is 3.85. The first kappa shape index (κ1) is 12.4. The van der Waals surface area contributed by atoms with Gasteiger partial charge in [-0.1, -0.05) is 35.9 Å². The van der Waals surface area contributed by atoms with Gasteiger partial charge in [-0.05, 0) is 49.9 Å². The molecule has 3 rings (SSSR count). The minimum atomic E-state index is 0.445. The first-order valence-electron chi connectivity index (χ1n) is 7.05. The molecule has 0 saturated heterocycles. The minimum absolute atomic E-state index is 0.445. The molecule has 2 nitrogen and oxygen atoms in total. The first-order valence-corrected chi connectivity index (χ1v) is 7.05. The molecule has 1 heterocycles. The molecule has 1 N–H and O–H groups in total. The predicted octanol–water partition coefficient (Wildman–Crippen LogP) is 3.21. The molecular weight excluding hydrogens is 232 g/mol. The van der Waals surface area contributed by atoms with Gasteiger partial charge in [-0.3, -0.25) is 4.98 Å². The Labute approximate surface area is 114 Å². The van der Waals surface area contributed by atoms with Gasteiger partial charge in [0.25, 0.3) is 0 Å². The van der Waals surface area contributed by atoms with Crippen molar-refractivity contribution in [1.29, 1.82) is 0 Å². The number of pyridine rings is 1. The molecule has 1 aromatic carbocycles. The lowest BCUT2D eigenvalue weighted by Gasteiger charge is -2.13.